The summed E-state index contributed by atoms with van der Waals surface area (Å²) in [6.07, 6.45) is 2.36. The number of anilines is 1. The van der Waals surface area contributed by atoms with Gasteiger partial charge in [0.15, 0.2) is 5.13 Å². The first-order valence-electron chi connectivity index (χ1n) is 7.81. The van der Waals surface area contributed by atoms with Crippen LogP contribution in [0.3, 0.4) is 0 Å². The monoisotopic (exact) mass is 304 g/mol. The molecule has 2 aromatic rings. The summed E-state index contributed by atoms with van der Waals surface area (Å²) in [4.78, 5) is 9.79. The molecule has 1 aliphatic heterocycles. The predicted molar refractivity (Wildman–Crippen MR) is 91.3 cm³/mol. The number of piperazine rings is 1. The molecule has 0 unspecified atom stereocenters. The Hall–Kier alpha value is -1.17. The molecule has 1 aromatic carbocycles. The van der Waals surface area contributed by atoms with Crippen molar-refractivity contribution in [3.8, 4) is 0 Å². The Bertz CT molecular complexity index is 587. The van der Waals surface area contributed by atoms with Crippen molar-refractivity contribution in [2.75, 3.05) is 44.2 Å². The summed E-state index contributed by atoms with van der Waals surface area (Å²) in [6.45, 7) is 8.61. The van der Waals surface area contributed by atoms with Crippen LogP contribution in [0.15, 0.2) is 18.2 Å². The summed E-state index contributed by atoms with van der Waals surface area (Å²) < 4.78 is 1.33. The number of unbranched alkanes of at least 4 members (excludes halogenated alkanes) is 1. The summed E-state index contributed by atoms with van der Waals surface area (Å²) in [5.74, 6) is 0. The number of fused-ring (bicyclic) bond motifs is 1. The lowest BCUT2D eigenvalue weighted by Crippen LogP contribution is -2.46. The van der Waals surface area contributed by atoms with E-state index in [4.69, 9.17) is 10.7 Å². The van der Waals surface area contributed by atoms with Gasteiger partial charge in [-0.15, -0.1) is 0 Å². The summed E-state index contributed by atoms with van der Waals surface area (Å²) in [7, 11) is 0. The topological polar surface area (TPSA) is 45.4 Å². The highest BCUT2D eigenvalue weighted by molar-refractivity contribution is 7.22. The molecule has 1 saturated heterocycles. The third-order valence-corrected chi connectivity index (χ3v) is 5.44. The minimum absolute atomic E-state index is 0.811. The first-order chi connectivity index (χ1) is 10.3. The first-order valence-corrected chi connectivity index (χ1v) is 8.63. The minimum atomic E-state index is 0.811. The third kappa shape index (κ3) is 3.36. The van der Waals surface area contributed by atoms with Gasteiger partial charge in [0, 0.05) is 26.2 Å². The van der Waals surface area contributed by atoms with E-state index in [1.165, 1.54) is 28.4 Å². The Morgan fingerprint density at radius 2 is 2.00 bits per heavy atom. The van der Waals surface area contributed by atoms with Gasteiger partial charge >= 0.3 is 0 Å². The van der Waals surface area contributed by atoms with E-state index in [1.54, 1.807) is 0 Å². The first kappa shape index (κ1) is 14.8. The van der Waals surface area contributed by atoms with Crippen LogP contribution in [0.1, 0.15) is 18.4 Å². The molecule has 0 aliphatic carbocycles. The number of aryl methyl sites for hydroxylation is 1. The molecular formula is C16H24N4S. The Morgan fingerprint density at radius 3 is 2.71 bits per heavy atom. The molecule has 5 heteroatoms. The molecule has 2 heterocycles. The highest BCUT2D eigenvalue weighted by Gasteiger charge is 2.19. The van der Waals surface area contributed by atoms with Gasteiger partial charge < -0.3 is 10.6 Å². The van der Waals surface area contributed by atoms with Gasteiger partial charge in [0.2, 0.25) is 0 Å². The van der Waals surface area contributed by atoms with E-state index in [-0.39, 0.29) is 0 Å². The van der Waals surface area contributed by atoms with Crippen LogP contribution >= 0.6 is 11.3 Å². The summed E-state index contributed by atoms with van der Waals surface area (Å²) in [6, 6.07) is 6.38. The molecule has 0 saturated carbocycles. The zero-order valence-electron chi connectivity index (χ0n) is 12.7. The van der Waals surface area contributed by atoms with Crippen molar-refractivity contribution in [2.24, 2.45) is 5.73 Å². The van der Waals surface area contributed by atoms with Crippen LogP contribution in [0.2, 0.25) is 0 Å². The standard InChI is InChI=1S/C16H24N4S/c1-13-5-4-6-14-15(13)21-16(18-14)20-11-9-19(10-12-20)8-3-2-7-17/h4-6H,2-3,7-12,17H2,1H3. The maximum absolute atomic E-state index is 5.56. The molecule has 2 N–H and O–H groups in total. The summed E-state index contributed by atoms with van der Waals surface area (Å²) in [5, 5.41) is 1.18. The average Bonchev–Trinajstić information content (AvgIpc) is 2.94. The zero-order chi connectivity index (χ0) is 14.7. The number of thiazole rings is 1. The highest BCUT2D eigenvalue weighted by atomic mass is 32.1. The molecule has 4 nitrogen and oxygen atoms in total. The van der Waals surface area contributed by atoms with Gasteiger partial charge in [-0.1, -0.05) is 23.5 Å². The van der Waals surface area contributed by atoms with E-state index in [1.807, 2.05) is 11.3 Å². The maximum Gasteiger partial charge on any atom is 0.186 e. The molecule has 1 aromatic heterocycles. The van der Waals surface area contributed by atoms with E-state index >= 15 is 0 Å². The van der Waals surface area contributed by atoms with Crippen molar-refractivity contribution in [1.82, 2.24) is 9.88 Å². The van der Waals surface area contributed by atoms with Crippen molar-refractivity contribution in [3.05, 3.63) is 23.8 Å². The molecule has 0 bridgehead atoms. The number of hydrogen-bond donors (Lipinski definition) is 1. The van der Waals surface area contributed by atoms with Crippen molar-refractivity contribution in [3.63, 3.8) is 0 Å². The Kier molecular flexibility index (Phi) is 4.73. The van der Waals surface area contributed by atoms with Gasteiger partial charge in [-0.05, 0) is 44.5 Å². The second-order valence-electron chi connectivity index (χ2n) is 5.74. The van der Waals surface area contributed by atoms with Gasteiger partial charge in [0.05, 0.1) is 10.2 Å². The molecule has 0 amide bonds. The van der Waals surface area contributed by atoms with Gasteiger partial charge in [-0.25, -0.2) is 4.98 Å². The Labute approximate surface area is 130 Å². The second kappa shape index (κ2) is 6.73. The predicted octanol–water partition coefficient (Wildman–Crippen LogP) is 2.47. The van der Waals surface area contributed by atoms with E-state index in [2.05, 4.69) is 34.9 Å². The van der Waals surface area contributed by atoms with Gasteiger partial charge in [-0.3, -0.25) is 4.90 Å². The number of rotatable bonds is 5. The molecule has 0 atom stereocenters. The van der Waals surface area contributed by atoms with Crippen molar-refractivity contribution < 1.29 is 0 Å². The fourth-order valence-corrected chi connectivity index (χ4v) is 3.94. The molecule has 0 radical (unpaired) electrons. The normalized spacial score (nSPS) is 16.8. The van der Waals surface area contributed by atoms with E-state index in [0.29, 0.717) is 0 Å². The number of hydrogen-bond acceptors (Lipinski definition) is 5. The van der Waals surface area contributed by atoms with Crippen LogP contribution in [-0.4, -0.2) is 49.2 Å². The van der Waals surface area contributed by atoms with Crippen LogP contribution in [0.5, 0.6) is 0 Å². The van der Waals surface area contributed by atoms with Crippen molar-refractivity contribution in [2.45, 2.75) is 19.8 Å². The number of nitrogens with two attached hydrogens (primary N) is 1. The SMILES string of the molecule is Cc1cccc2nc(N3CCN(CCCCN)CC3)sc12. The molecule has 114 valence electrons. The van der Waals surface area contributed by atoms with Crippen LogP contribution in [0.25, 0.3) is 10.2 Å². The lowest BCUT2D eigenvalue weighted by molar-refractivity contribution is 0.253. The Morgan fingerprint density at radius 1 is 1.19 bits per heavy atom. The lowest BCUT2D eigenvalue weighted by Gasteiger charge is -2.34. The smallest absolute Gasteiger partial charge is 0.186 e. The van der Waals surface area contributed by atoms with E-state index in [0.717, 1.165) is 44.7 Å². The molecule has 21 heavy (non-hydrogen) atoms. The summed E-state index contributed by atoms with van der Waals surface area (Å²) >= 11 is 1.83. The fraction of sp³-hybridized carbons (Fsp3) is 0.562. The van der Waals surface area contributed by atoms with Gasteiger partial charge in [-0.2, -0.15) is 0 Å². The Balaban J connectivity index is 1.62. The van der Waals surface area contributed by atoms with Gasteiger partial charge in [0.25, 0.3) is 0 Å². The zero-order valence-corrected chi connectivity index (χ0v) is 13.5. The highest BCUT2D eigenvalue weighted by Crippen LogP contribution is 2.31. The fourth-order valence-electron chi connectivity index (χ4n) is 2.85. The van der Waals surface area contributed by atoms with Crippen molar-refractivity contribution in [1.29, 1.82) is 0 Å². The molecule has 1 aliphatic rings. The maximum atomic E-state index is 5.56. The largest absolute Gasteiger partial charge is 0.345 e. The van der Waals surface area contributed by atoms with Crippen LogP contribution < -0.4 is 10.6 Å². The number of benzene rings is 1. The van der Waals surface area contributed by atoms with Gasteiger partial charge in [0.1, 0.15) is 0 Å². The molecule has 1 fully saturated rings. The summed E-state index contributed by atoms with van der Waals surface area (Å²) in [5.41, 5.74) is 8.03. The molecule has 0 spiro atoms. The van der Waals surface area contributed by atoms with Crippen LogP contribution in [-0.2, 0) is 0 Å². The van der Waals surface area contributed by atoms with Crippen LogP contribution in [0.4, 0.5) is 5.13 Å². The molecule has 3 rings (SSSR count). The van der Waals surface area contributed by atoms with E-state index < -0.39 is 0 Å². The third-order valence-electron chi connectivity index (χ3n) is 4.17. The number of nitrogens with zero attached hydrogens (tertiary/aromatic N) is 3. The quantitative estimate of drug-likeness (QED) is 0.862. The van der Waals surface area contributed by atoms with E-state index in [9.17, 15) is 0 Å². The average molecular weight is 304 g/mol. The van der Waals surface area contributed by atoms with Crippen molar-refractivity contribution >= 4 is 26.7 Å². The number of aromatic nitrogens is 1. The molecular weight excluding hydrogens is 280 g/mol. The minimum Gasteiger partial charge on any atom is -0.345 e. The van der Waals surface area contributed by atoms with Crippen LogP contribution in [0, 0.1) is 6.92 Å². The lowest BCUT2D eigenvalue weighted by atomic mass is 10.2. The second-order valence-corrected chi connectivity index (χ2v) is 6.72.